The van der Waals surface area contributed by atoms with E-state index in [0.717, 1.165) is 19.6 Å². The Morgan fingerprint density at radius 3 is 2.47 bits per heavy atom. The van der Waals surface area contributed by atoms with Crippen molar-refractivity contribution in [2.75, 3.05) is 26.2 Å². The minimum atomic E-state index is -0.868. The Hall–Kier alpha value is -1.30. The summed E-state index contributed by atoms with van der Waals surface area (Å²) in [6.07, 6.45) is 2.98. The lowest BCUT2D eigenvalue weighted by molar-refractivity contribution is -0.141. The van der Waals surface area contributed by atoms with Gasteiger partial charge in [0, 0.05) is 19.1 Å². The summed E-state index contributed by atoms with van der Waals surface area (Å²) in [6, 6.07) is -0.214. The van der Waals surface area contributed by atoms with Crippen molar-refractivity contribution in [2.24, 2.45) is 5.92 Å². The van der Waals surface area contributed by atoms with E-state index >= 15 is 0 Å². The van der Waals surface area contributed by atoms with Gasteiger partial charge in [-0.1, -0.05) is 6.92 Å². The molecule has 0 aliphatic carbocycles. The molecule has 0 saturated carbocycles. The van der Waals surface area contributed by atoms with E-state index in [4.69, 9.17) is 5.11 Å². The predicted octanol–water partition coefficient (Wildman–Crippen LogP) is 0.881. The average Bonchev–Trinajstić information content (AvgIpc) is 2.81. The molecular weight excluding hydrogens is 246 g/mol. The van der Waals surface area contributed by atoms with Gasteiger partial charge in [-0.3, -0.25) is 4.79 Å². The molecule has 0 radical (unpaired) electrons. The van der Waals surface area contributed by atoms with Crippen LogP contribution in [0.4, 0.5) is 4.79 Å². The molecule has 1 aliphatic rings. The number of rotatable bonds is 7. The maximum absolute atomic E-state index is 11.6. The molecule has 1 saturated heterocycles. The number of carboxylic acids is 1. The van der Waals surface area contributed by atoms with E-state index in [1.54, 1.807) is 6.92 Å². The molecule has 1 rings (SSSR count). The van der Waals surface area contributed by atoms with Gasteiger partial charge in [-0.2, -0.15) is 0 Å². The van der Waals surface area contributed by atoms with Crippen molar-refractivity contribution in [3.63, 3.8) is 0 Å². The number of likely N-dealkylation sites (tertiary alicyclic amines) is 1. The summed E-state index contributed by atoms with van der Waals surface area (Å²) in [7, 11) is 0. The van der Waals surface area contributed by atoms with Gasteiger partial charge in [-0.25, -0.2) is 4.79 Å². The van der Waals surface area contributed by atoms with Gasteiger partial charge in [-0.05, 0) is 39.3 Å². The first kappa shape index (κ1) is 15.8. The van der Waals surface area contributed by atoms with Gasteiger partial charge >= 0.3 is 12.0 Å². The zero-order valence-corrected chi connectivity index (χ0v) is 11.8. The molecule has 0 bridgehead atoms. The lowest BCUT2D eigenvalue weighted by atomic mass is 10.1. The van der Waals surface area contributed by atoms with Gasteiger partial charge in [0.1, 0.15) is 0 Å². The van der Waals surface area contributed by atoms with Crippen LogP contribution in [0, 0.1) is 5.92 Å². The first-order chi connectivity index (χ1) is 9.02. The second-order valence-electron chi connectivity index (χ2n) is 5.21. The van der Waals surface area contributed by atoms with Gasteiger partial charge in [0.05, 0.1) is 5.92 Å². The lowest BCUT2D eigenvalue weighted by Gasteiger charge is -2.21. The molecule has 6 heteroatoms. The molecule has 0 aromatic heterocycles. The standard InChI is InChI=1S/C13H25N3O3/c1-3-11(12(17)18)8-14-13(19)15-10(2)9-16-6-4-5-7-16/h10-11H,3-9H2,1-2H3,(H,17,18)(H2,14,15,19). The molecule has 0 spiro atoms. The zero-order valence-electron chi connectivity index (χ0n) is 11.8. The average molecular weight is 271 g/mol. The molecule has 0 aromatic carbocycles. The van der Waals surface area contributed by atoms with Gasteiger partial charge in [0.15, 0.2) is 0 Å². The molecule has 6 nitrogen and oxygen atoms in total. The topological polar surface area (TPSA) is 81.7 Å². The van der Waals surface area contributed by atoms with Crippen LogP contribution >= 0.6 is 0 Å². The van der Waals surface area contributed by atoms with Crippen LogP contribution in [-0.4, -0.2) is 54.2 Å². The van der Waals surface area contributed by atoms with Gasteiger partial charge < -0.3 is 20.6 Å². The van der Waals surface area contributed by atoms with Crippen molar-refractivity contribution in [1.29, 1.82) is 0 Å². The third-order valence-corrected chi connectivity index (χ3v) is 3.46. The fraction of sp³-hybridized carbons (Fsp3) is 0.846. The van der Waals surface area contributed by atoms with Gasteiger partial charge in [-0.15, -0.1) is 0 Å². The highest BCUT2D eigenvalue weighted by atomic mass is 16.4. The molecule has 110 valence electrons. The number of carboxylic acid groups (broad SMARTS) is 1. The summed E-state index contributed by atoms with van der Waals surface area (Å²) in [5.74, 6) is -1.38. The van der Waals surface area contributed by atoms with E-state index in [1.165, 1.54) is 12.8 Å². The SMILES string of the molecule is CCC(CNC(=O)NC(C)CN1CCCC1)C(=O)O. The monoisotopic (exact) mass is 271 g/mol. The molecule has 2 unspecified atom stereocenters. The minimum absolute atomic E-state index is 0.0722. The molecule has 1 heterocycles. The number of hydrogen-bond acceptors (Lipinski definition) is 3. The molecule has 2 atom stereocenters. The quantitative estimate of drug-likeness (QED) is 0.642. The molecule has 3 N–H and O–H groups in total. The summed E-state index contributed by atoms with van der Waals surface area (Å²) in [6.45, 7) is 6.99. The first-order valence-corrected chi connectivity index (χ1v) is 7.02. The van der Waals surface area contributed by atoms with Crippen LogP contribution < -0.4 is 10.6 Å². The van der Waals surface area contributed by atoms with Crippen molar-refractivity contribution in [3.05, 3.63) is 0 Å². The Bertz CT molecular complexity index is 304. The van der Waals surface area contributed by atoms with Crippen LogP contribution in [0.15, 0.2) is 0 Å². The van der Waals surface area contributed by atoms with Crippen molar-refractivity contribution in [1.82, 2.24) is 15.5 Å². The molecule has 19 heavy (non-hydrogen) atoms. The summed E-state index contributed by atoms with van der Waals surface area (Å²) in [4.78, 5) is 24.8. The highest BCUT2D eigenvalue weighted by molar-refractivity contribution is 5.76. The fourth-order valence-corrected chi connectivity index (χ4v) is 2.30. The number of urea groups is 1. The smallest absolute Gasteiger partial charge is 0.315 e. The summed E-state index contributed by atoms with van der Waals surface area (Å²) >= 11 is 0. The van der Waals surface area contributed by atoms with E-state index in [2.05, 4.69) is 15.5 Å². The second-order valence-corrected chi connectivity index (χ2v) is 5.21. The molecule has 1 aliphatic heterocycles. The van der Waals surface area contributed by atoms with E-state index in [0.29, 0.717) is 6.42 Å². The Morgan fingerprint density at radius 1 is 1.32 bits per heavy atom. The largest absolute Gasteiger partial charge is 0.481 e. The third kappa shape index (κ3) is 5.92. The number of amides is 2. The number of nitrogens with one attached hydrogen (secondary N) is 2. The van der Waals surface area contributed by atoms with E-state index in [-0.39, 0.29) is 18.6 Å². The van der Waals surface area contributed by atoms with Crippen LogP contribution in [0.25, 0.3) is 0 Å². The molecule has 1 fully saturated rings. The second kappa shape index (κ2) is 7.99. The number of carbonyl (C=O) groups is 2. The van der Waals surface area contributed by atoms with Crippen LogP contribution in [0.1, 0.15) is 33.1 Å². The summed E-state index contributed by atoms with van der Waals surface area (Å²) < 4.78 is 0. The minimum Gasteiger partial charge on any atom is -0.481 e. The number of carbonyl (C=O) groups excluding carboxylic acids is 1. The summed E-state index contributed by atoms with van der Waals surface area (Å²) in [5.41, 5.74) is 0. The Morgan fingerprint density at radius 2 is 1.95 bits per heavy atom. The maximum Gasteiger partial charge on any atom is 0.315 e. The summed E-state index contributed by atoms with van der Waals surface area (Å²) in [5, 5.41) is 14.3. The van der Waals surface area contributed by atoms with Crippen molar-refractivity contribution in [3.8, 4) is 0 Å². The van der Waals surface area contributed by atoms with Crippen LogP contribution in [0.2, 0.25) is 0 Å². The van der Waals surface area contributed by atoms with E-state index in [9.17, 15) is 9.59 Å². The highest BCUT2D eigenvalue weighted by Crippen LogP contribution is 2.07. The molecule has 0 aromatic rings. The van der Waals surface area contributed by atoms with Gasteiger partial charge in [0.25, 0.3) is 0 Å². The highest BCUT2D eigenvalue weighted by Gasteiger charge is 2.18. The third-order valence-electron chi connectivity index (χ3n) is 3.46. The first-order valence-electron chi connectivity index (χ1n) is 7.02. The van der Waals surface area contributed by atoms with Crippen molar-refractivity contribution in [2.45, 2.75) is 39.2 Å². The fourth-order valence-electron chi connectivity index (χ4n) is 2.30. The van der Waals surface area contributed by atoms with Crippen LogP contribution in [0.3, 0.4) is 0 Å². The van der Waals surface area contributed by atoms with Crippen molar-refractivity contribution < 1.29 is 14.7 Å². The molecule has 2 amide bonds. The normalized spacial score (nSPS) is 18.8. The van der Waals surface area contributed by atoms with E-state index < -0.39 is 11.9 Å². The van der Waals surface area contributed by atoms with Gasteiger partial charge in [0.2, 0.25) is 0 Å². The van der Waals surface area contributed by atoms with Crippen LogP contribution in [0.5, 0.6) is 0 Å². The maximum atomic E-state index is 11.6. The van der Waals surface area contributed by atoms with Crippen LogP contribution in [-0.2, 0) is 4.79 Å². The van der Waals surface area contributed by atoms with Crippen molar-refractivity contribution >= 4 is 12.0 Å². The Kier molecular flexibility index (Phi) is 6.62. The van der Waals surface area contributed by atoms with E-state index in [1.807, 2.05) is 6.92 Å². The predicted molar refractivity (Wildman–Crippen MR) is 73.1 cm³/mol. The number of hydrogen-bond donors (Lipinski definition) is 3. The number of nitrogens with zero attached hydrogens (tertiary/aromatic N) is 1. The molecular formula is C13H25N3O3. The number of aliphatic carboxylic acids is 1. The lowest BCUT2D eigenvalue weighted by Crippen LogP contribution is -2.47. The zero-order chi connectivity index (χ0) is 14.3. The Labute approximate surface area is 114 Å². The Balaban J connectivity index is 2.20.